The lowest BCUT2D eigenvalue weighted by Gasteiger charge is -2.52. The molecule has 1 heteroatoms. The maximum atomic E-state index is 5.89. The summed E-state index contributed by atoms with van der Waals surface area (Å²) in [5, 5.41) is 0. The third-order valence-electron chi connectivity index (χ3n) is 6.60. The summed E-state index contributed by atoms with van der Waals surface area (Å²) >= 11 is 0. The van der Waals surface area contributed by atoms with E-state index in [9.17, 15) is 0 Å². The summed E-state index contributed by atoms with van der Waals surface area (Å²) in [4.78, 5) is 0. The molecule has 2 saturated carbocycles. The van der Waals surface area contributed by atoms with Crippen molar-refractivity contribution in [1.82, 2.24) is 0 Å². The normalized spacial score (nSPS) is 36.6. The minimum atomic E-state index is 0.479. The molecule has 1 nitrogen and oxygen atoms in total. The fourth-order valence-electron chi connectivity index (χ4n) is 4.89. The highest BCUT2D eigenvalue weighted by Crippen LogP contribution is 2.55. The molecule has 0 amide bonds. The molecule has 0 saturated heterocycles. The summed E-state index contributed by atoms with van der Waals surface area (Å²) in [6.07, 6.45) is 6.83. The van der Waals surface area contributed by atoms with Gasteiger partial charge in [0.05, 0.1) is 0 Å². The zero-order chi connectivity index (χ0) is 15.8. The largest absolute Gasteiger partial charge is 0.330 e. The van der Waals surface area contributed by atoms with Gasteiger partial charge in [0.25, 0.3) is 0 Å². The van der Waals surface area contributed by atoms with Gasteiger partial charge in [-0.1, -0.05) is 39.5 Å². The highest BCUT2D eigenvalue weighted by Gasteiger charge is 2.46. The summed E-state index contributed by atoms with van der Waals surface area (Å²) in [5.41, 5.74) is 8.84. The summed E-state index contributed by atoms with van der Waals surface area (Å²) < 4.78 is 0. The molecule has 0 aliphatic heterocycles. The van der Waals surface area contributed by atoms with Crippen LogP contribution in [0, 0.1) is 35.0 Å². The van der Waals surface area contributed by atoms with Crippen LogP contribution in [0.3, 0.4) is 0 Å². The van der Waals surface area contributed by atoms with E-state index in [-0.39, 0.29) is 0 Å². The molecular weight excluding hydrogens is 254 g/mol. The summed E-state index contributed by atoms with van der Waals surface area (Å²) in [5.74, 6) is 4.04. The zero-order valence-corrected chi connectivity index (χ0v) is 14.6. The Labute approximate surface area is 132 Å². The van der Waals surface area contributed by atoms with Crippen molar-refractivity contribution >= 4 is 0 Å². The fraction of sp³-hybridized carbons (Fsp3) is 0.800. The topological polar surface area (TPSA) is 26.0 Å². The molecule has 0 aromatic rings. The Hall–Kier alpha value is -0.560. The average Bonchev–Trinajstić information content (AvgIpc) is 2.36. The first-order valence-corrected chi connectivity index (χ1v) is 8.81. The lowest BCUT2D eigenvalue weighted by Crippen LogP contribution is -2.43. The third-order valence-corrected chi connectivity index (χ3v) is 6.60. The Morgan fingerprint density at radius 3 is 2.33 bits per heavy atom. The fourth-order valence-corrected chi connectivity index (χ4v) is 4.89. The quantitative estimate of drug-likeness (QED) is 0.693. The number of nitrogens with two attached hydrogens (primary N) is 1. The molecule has 0 bridgehead atoms. The van der Waals surface area contributed by atoms with Gasteiger partial charge < -0.3 is 5.73 Å². The molecule has 2 aliphatic rings. The Bertz CT molecular complexity index is 400. The van der Waals surface area contributed by atoms with Gasteiger partial charge in [-0.2, -0.15) is 0 Å². The highest BCUT2D eigenvalue weighted by molar-refractivity contribution is 5.27. The molecule has 0 heterocycles. The Kier molecular flexibility index (Phi) is 5.03. The molecular formula is C20H35N. The molecule has 3 atom stereocenters. The number of rotatable bonds is 5. The van der Waals surface area contributed by atoms with Gasteiger partial charge in [0.1, 0.15) is 0 Å². The monoisotopic (exact) mass is 289 g/mol. The van der Waals surface area contributed by atoms with Crippen molar-refractivity contribution in [3.8, 4) is 0 Å². The van der Waals surface area contributed by atoms with Crippen LogP contribution in [0.15, 0.2) is 24.3 Å². The molecule has 0 spiro atoms. The molecule has 21 heavy (non-hydrogen) atoms. The first-order valence-electron chi connectivity index (χ1n) is 8.81. The van der Waals surface area contributed by atoms with Crippen LogP contribution in [-0.2, 0) is 0 Å². The van der Waals surface area contributed by atoms with Crippen molar-refractivity contribution in [2.75, 3.05) is 6.54 Å². The average molecular weight is 290 g/mol. The van der Waals surface area contributed by atoms with Crippen LogP contribution >= 0.6 is 0 Å². The molecule has 2 aliphatic carbocycles. The van der Waals surface area contributed by atoms with E-state index in [1.165, 1.54) is 43.3 Å². The van der Waals surface area contributed by atoms with Crippen molar-refractivity contribution in [1.29, 1.82) is 0 Å². The molecule has 2 N–H and O–H groups in total. The maximum absolute atomic E-state index is 5.89. The van der Waals surface area contributed by atoms with E-state index >= 15 is 0 Å². The van der Waals surface area contributed by atoms with Gasteiger partial charge in [0.2, 0.25) is 0 Å². The van der Waals surface area contributed by atoms with Crippen LogP contribution in [0.2, 0.25) is 0 Å². The molecule has 3 unspecified atom stereocenters. The van der Waals surface area contributed by atoms with E-state index in [4.69, 9.17) is 5.73 Å². The minimum Gasteiger partial charge on any atom is -0.330 e. The molecule has 2 fully saturated rings. The molecule has 0 aromatic carbocycles. The van der Waals surface area contributed by atoms with Crippen LogP contribution in [-0.4, -0.2) is 6.54 Å². The van der Waals surface area contributed by atoms with Crippen molar-refractivity contribution in [3.05, 3.63) is 24.3 Å². The highest BCUT2D eigenvalue weighted by atomic mass is 14.6. The van der Waals surface area contributed by atoms with Crippen molar-refractivity contribution in [2.24, 2.45) is 40.7 Å². The Morgan fingerprint density at radius 2 is 1.86 bits per heavy atom. The zero-order valence-electron chi connectivity index (χ0n) is 14.6. The molecule has 0 radical (unpaired) electrons. The summed E-state index contributed by atoms with van der Waals surface area (Å²) in [7, 11) is 0. The summed E-state index contributed by atoms with van der Waals surface area (Å²) in [6.45, 7) is 18.5. The standard InChI is InChI=1S/C20H35N/c1-13(2)15(4)17-9-18(10-17)19-8-7-16(14(3)12-21)11-20(19,5)6/h14,16-19H,1,4,7-12,21H2,2-3,5-6H3. The summed E-state index contributed by atoms with van der Waals surface area (Å²) in [6, 6.07) is 0. The van der Waals surface area contributed by atoms with Gasteiger partial charge in [-0.3, -0.25) is 0 Å². The lowest BCUT2D eigenvalue weighted by atomic mass is 9.53. The second-order valence-corrected chi connectivity index (χ2v) is 8.58. The molecule has 0 aromatic heterocycles. The van der Waals surface area contributed by atoms with E-state index < -0.39 is 0 Å². The minimum absolute atomic E-state index is 0.479. The van der Waals surface area contributed by atoms with Crippen LogP contribution in [0.1, 0.15) is 59.8 Å². The van der Waals surface area contributed by atoms with Crippen molar-refractivity contribution in [2.45, 2.75) is 59.8 Å². The number of allylic oxidation sites excluding steroid dienone is 2. The van der Waals surface area contributed by atoms with E-state index in [2.05, 4.69) is 40.9 Å². The number of hydrogen-bond acceptors (Lipinski definition) is 1. The van der Waals surface area contributed by atoms with E-state index in [0.29, 0.717) is 17.3 Å². The van der Waals surface area contributed by atoms with Gasteiger partial charge in [-0.25, -0.2) is 0 Å². The van der Waals surface area contributed by atoms with Crippen LogP contribution in [0.4, 0.5) is 0 Å². The third kappa shape index (κ3) is 3.44. The van der Waals surface area contributed by atoms with Gasteiger partial charge in [0.15, 0.2) is 0 Å². The first-order chi connectivity index (χ1) is 9.76. The smallest absolute Gasteiger partial charge is 0.00489 e. The predicted molar refractivity (Wildman–Crippen MR) is 93.0 cm³/mol. The van der Waals surface area contributed by atoms with E-state index in [1.54, 1.807) is 0 Å². The second kappa shape index (κ2) is 6.28. The first kappa shape index (κ1) is 16.8. The van der Waals surface area contributed by atoms with Crippen LogP contribution < -0.4 is 5.73 Å². The van der Waals surface area contributed by atoms with Crippen molar-refractivity contribution in [3.63, 3.8) is 0 Å². The SMILES string of the molecule is C=C(C)C(=C)C1CC(C2CCC(C(C)CN)CC2(C)C)C1. The van der Waals surface area contributed by atoms with Gasteiger partial charge in [0, 0.05) is 0 Å². The van der Waals surface area contributed by atoms with Crippen LogP contribution in [0.25, 0.3) is 0 Å². The molecule has 120 valence electrons. The Morgan fingerprint density at radius 1 is 1.24 bits per heavy atom. The maximum Gasteiger partial charge on any atom is -0.00489 e. The second-order valence-electron chi connectivity index (χ2n) is 8.58. The Balaban J connectivity index is 1.92. The number of hydrogen-bond donors (Lipinski definition) is 1. The van der Waals surface area contributed by atoms with Gasteiger partial charge in [-0.05, 0) is 86.2 Å². The lowest BCUT2D eigenvalue weighted by molar-refractivity contribution is -0.00809. The van der Waals surface area contributed by atoms with Crippen LogP contribution in [0.5, 0.6) is 0 Å². The van der Waals surface area contributed by atoms with Gasteiger partial charge in [-0.15, -0.1) is 0 Å². The predicted octanol–water partition coefficient (Wildman–Crippen LogP) is 5.18. The molecule has 2 rings (SSSR count). The van der Waals surface area contributed by atoms with E-state index in [0.717, 1.165) is 24.3 Å². The van der Waals surface area contributed by atoms with Crippen molar-refractivity contribution < 1.29 is 0 Å². The van der Waals surface area contributed by atoms with E-state index in [1.807, 2.05) is 0 Å². The van der Waals surface area contributed by atoms with Gasteiger partial charge >= 0.3 is 0 Å².